The van der Waals surface area contributed by atoms with Crippen molar-refractivity contribution in [1.82, 2.24) is 4.72 Å². The average molecular weight is 457 g/mol. The first kappa shape index (κ1) is 19.9. The fourth-order valence-corrected chi connectivity index (χ4v) is 3.67. The number of sulfonamides is 1. The third-order valence-corrected chi connectivity index (χ3v) is 5.20. The fraction of sp³-hybridized carbons (Fsp3) is 0. The predicted molar refractivity (Wildman–Crippen MR) is 116 cm³/mol. The number of anilines is 2. The molecule has 0 saturated carbocycles. The summed E-state index contributed by atoms with van der Waals surface area (Å²) in [6.45, 7) is 0. The van der Waals surface area contributed by atoms with E-state index in [1.807, 2.05) is 18.2 Å². The Morgan fingerprint density at radius 1 is 0.857 bits per heavy atom. The van der Waals surface area contributed by atoms with E-state index in [0.29, 0.717) is 16.9 Å². The molecule has 0 aliphatic heterocycles. The number of hydrogen-bond donors (Lipinski definition) is 1. The normalized spacial score (nSPS) is 11.3. The van der Waals surface area contributed by atoms with Crippen LogP contribution in [0.1, 0.15) is 5.56 Å². The first-order chi connectivity index (χ1) is 13.4. The van der Waals surface area contributed by atoms with Gasteiger partial charge in [0.2, 0.25) is 0 Å². The Hall–Kier alpha value is -2.90. The van der Waals surface area contributed by atoms with Crippen LogP contribution in [0, 0.1) is 0 Å². The summed E-state index contributed by atoms with van der Waals surface area (Å²) in [4.78, 5) is 14.1. The number of carbonyl (C=O) groups excluding carboxylic acids is 1. The summed E-state index contributed by atoms with van der Waals surface area (Å²) in [6.07, 6.45) is 1.43. The second-order valence-electron chi connectivity index (χ2n) is 5.82. The zero-order chi connectivity index (χ0) is 20.0. The Morgan fingerprint density at radius 3 is 1.96 bits per heavy atom. The van der Waals surface area contributed by atoms with Crippen molar-refractivity contribution in [3.63, 3.8) is 0 Å². The lowest BCUT2D eigenvalue weighted by atomic mass is 10.2. The quantitative estimate of drug-likeness (QED) is 0.566. The van der Waals surface area contributed by atoms with Crippen molar-refractivity contribution in [2.24, 2.45) is 0 Å². The van der Waals surface area contributed by atoms with Gasteiger partial charge in [0.15, 0.2) is 0 Å². The van der Waals surface area contributed by atoms with E-state index in [2.05, 4.69) is 20.7 Å². The minimum absolute atomic E-state index is 0.553. The van der Waals surface area contributed by atoms with Crippen LogP contribution < -0.4 is 9.62 Å². The Morgan fingerprint density at radius 2 is 1.43 bits per heavy atom. The number of para-hydroxylation sites is 2. The SMILES string of the molecule is O=C(NS(=O)(=O)C=Cc1cccc(Br)c1)N(c1ccccc1)c1ccccc1. The highest BCUT2D eigenvalue weighted by Gasteiger charge is 2.21. The van der Waals surface area contributed by atoms with Gasteiger partial charge in [-0.2, -0.15) is 0 Å². The van der Waals surface area contributed by atoms with Crippen molar-refractivity contribution in [2.75, 3.05) is 4.90 Å². The largest absolute Gasteiger partial charge is 0.340 e. The lowest BCUT2D eigenvalue weighted by Gasteiger charge is -2.22. The van der Waals surface area contributed by atoms with Crippen LogP contribution in [-0.2, 0) is 10.0 Å². The zero-order valence-electron chi connectivity index (χ0n) is 14.7. The number of rotatable bonds is 5. The Labute approximate surface area is 172 Å². The van der Waals surface area contributed by atoms with Gasteiger partial charge in [0, 0.05) is 4.47 Å². The highest BCUT2D eigenvalue weighted by atomic mass is 79.9. The first-order valence-electron chi connectivity index (χ1n) is 8.35. The molecular formula is C21H17BrN2O3S. The van der Waals surface area contributed by atoms with Gasteiger partial charge in [-0.1, -0.05) is 64.5 Å². The smallest absolute Gasteiger partial charge is 0.262 e. The van der Waals surface area contributed by atoms with E-state index in [0.717, 1.165) is 9.88 Å². The highest BCUT2D eigenvalue weighted by molar-refractivity contribution is 9.10. The van der Waals surface area contributed by atoms with E-state index in [9.17, 15) is 13.2 Å². The van der Waals surface area contributed by atoms with E-state index in [4.69, 9.17) is 0 Å². The van der Waals surface area contributed by atoms with Gasteiger partial charge in [-0.15, -0.1) is 0 Å². The maximum Gasteiger partial charge on any atom is 0.340 e. The number of hydrogen-bond acceptors (Lipinski definition) is 3. The van der Waals surface area contributed by atoms with E-state index < -0.39 is 16.1 Å². The van der Waals surface area contributed by atoms with Crippen LogP contribution in [0.2, 0.25) is 0 Å². The average Bonchev–Trinajstić information content (AvgIpc) is 2.68. The molecule has 1 N–H and O–H groups in total. The van der Waals surface area contributed by atoms with E-state index >= 15 is 0 Å². The van der Waals surface area contributed by atoms with Gasteiger partial charge >= 0.3 is 6.03 Å². The van der Waals surface area contributed by atoms with Crippen LogP contribution in [0.15, 0.2) is 94.8 Å². The molecule has 0 aromatic heterocycles. The molecule has 0 atom stereocenters. The van der Waals surface area contributed by atoms with Crippen LogP contribution in [0.3, 0.4) is 0 Å². The molecule has 7 heteroatoms. The topological polar surface area (TPSA) is 66.5 Å². The number of carbonyl (C=O) groups is 1. The van der Waals surface area contributed by atoms with Crippen LogP contribution in [0.5, 0.6) is 0 Å². The molecule has 0 heterocycles. The summed E-state index contributed by atoms with van der Waals surface area (Å²) < 4.78 is 27.7. The molecule has 0 radical (unpaired) electrons. The Kier molecular flexibility index (Phi) is 6.28. The van der Waals surface area contributed by atoms with Gasteiger partial charge in [0.25, 0.3) is 10.0 Å². The van der Waals surface area contributed by atoms with Crippen molar-refractivity contribution in [3.05, 3.63) is 100 Å². The maximum atomic E-state index is 12.8. The summed E-state index contributed by atoms with van der Waals surface area (Å²) in [5, 5.41) is 0.973. The molecule has 5 nitrogen and oxygen atoms in total. The van der Waals surface area contributed by atoms with Crippen molar-refractivity contribution in [2.45, 2.75) is 0 Å². The molecule has 0 saturated heterocycles. The van der Waals surface area contributed by atoms with Gasteiger partial charge in [-0.3, -0.25) is 4.90 Å². The second-order valence-corrected chi connectivity index (χ2v) is 8.30. The molecule has 3 aromatic rings. The molecular weight excluding hydrogens is 440 g/mol. The molecule has 0 spiro atoms. The second kappa shape index (κ2) is 8.86. The predicted octanol–water partition coefficient (Wildman–Crippen LogP) is 5.30. The fourth-order valence-electron chi connectivity index (χ4n) is 2.52. The number of urea groups is 1. The zero-order valence-corrected chi connectivity index (χ0v) is 17.1. The molecule has 0 aliphatic carbocycles. The van der Waals surface area contributed by atoms with Crippen molar-refractivity contribution >= 4 is 49.4 Å². The minimum atomic E-state index is -3.99. The molecule has 0 unspecified atom stereocenters. The summed E-state index contributed by atoms with van der Waals surface area (Å²) in [6, 6.07) is 24.1. The number of benzene rings is 3. The minimum Gasteiger partial charge on any atom is -0.262 e. The third-order valence-electron chi connectivity index (χ3n) is 3.75. The molecule has 28 heavy (non-hydrogen) atoms. The summed E-state index contributed by atoms with van der Waals surface area (Å²) >= 11 is 3.33. The van der Waals surface area contributed by atoms with Crippen LogP contribution >= 0.6 is 15.9 Å². The lowest BCUT2D eigenvalue weighted by Crippen LogP contribution is -2.39. The first-order valence-corrected chi connectivity index (χ1v) is 10.7. The molecule has 142 valence electrons. The summed E-state index contributed by atoms with van der Waals surface area (Å²) in [5.74, 6) is 0. The number of nitrogens with zero attached hydrogens (tertiary/aromatic N) is 1. The Balaban J connectivity index is 1.85. The van der Waals surface area contributed by atoms with Crippen molar-refractivity contribution in [3.8, 4) is 0 Å². The molecule has 0 fully saturated rings. The summed E-state index contributed by atoms with van der Waals surface area (Å²) in [5.41, 5.74) is 1.80. The number of halogens is 1. The molecule has 0 aliphatic rings. The number of nitrogens with one attached hydrogen (secondary N) is 1. The van der Waals surface area contributed by atoms with Crippen LogP contribution in [0.25, 0.3) is 6.08 Å². The monoisotopic (exact) mass is 456 g/mol. The third kappa shape index (κ3) is 5.31. The van der Waals surface area contributed by atoms with Crippen LogP contribution in [-0.4, -0.2) is 14.4 Å². The van der Waals surface area contributed by atoms with Gasteiger partial charge in [0.1, 0.15) is 0 Å². The molecule has 3 aromatic carbocycles. The van der Waals surface area contributed by atoms with E-state index in [1.54, 1.807) is 66.7 Å². The van der Waals surface area contributed by atoms with Gasteiger partial charge in [-0.25, -0.2) is 17.9 Å². The van der Waals surface area contributed by atoms with Crippen molar-refractivity contribution in [1.29, 1.82) is 0 Å². The van der Waals surface area contributed by atoms with Crippen molar-refractivity contribution < 1.29 is 13.2 Å². The van der Waals surface area contributed by atoms with Gasteiger partial charge < -0.3 is 0 Å². The van der Waals surface area contributed by atoms with Gasteiger partial charge in [-0.05, 0) is 48.0 Å². The summed E-state index contributed by atoms with van der Waals surface area (Å²) in [7, 11) is -3.99. The van der Waals surface area contributed by atoms with E-state index in [-0.39, 0.29) is 0 Å². The van der Waals surface area contributed by atoms with Crippen LogP contribution in [0.4, 0.5) is 16.2 Å². The molecule has 3 rings (SSSR count). The van der Waals surface area contributed by atoms with Gasteiger partial charge in [0.05, 0.1) is 16.8 Å². The van der Waals surface area contributed by atoms with E-state index in [1.165, 1.54) is 11.0 Å². The maximum absolute atomic E-state index is 12.8. The lowest BCUT2D eigenvalue weighted by molar-refractivity contribution is 0.253. The molecule has 0 bridgehead atoms. The highest BCUT2D eigenvalue weighted by Crippen LogP contribution is 2.25. The standard InChI is InChI=1S/C21H17BrN2O3S/c22-18-9-7-8-17(16-18)14-15-28(26,27)23-21(25)24(19-10-3-1-4-11-19)20-12-5-2-6-13-20/h1-16H,(H,23,25). The molecule has 2 amide bonds. The Bertz CT molecular complexity index is 1050. The number of amides is 2.